The molecule has 1 N–H and O–H groups in total. The zero-order valence-corrected chi connectivity index (χ0v) is 6.12. The van der Waals surface area contributed by atoms with Gasteiger partial charge in [0.15, 0.2) is 0 Å². The highest BCUT2D eigenvalue weighted by atomic mass is 32.1. The summed E-state index contributed by atoms with van der Waals surface area (Å²) in [4.78, 5) is 0. The molecule has 1 aliphatic rings. The van der Waals surface area contributed by atoms with Gasteiger partial charge in [-0.2, -0.15) is 12.6 Å². The van der Waals surface area contributed by atoms with Crippen LogP contribution in [0.4, 0.5) is 0 Å². The van der Waals surface area contributed by atoms with E-state index in [0.717, 1.165) is 6.54 Å². The van der Waals surface area contributed by atoms with Crippen LogP contribution in [0.1, 0.15) is 19.8 Å². The Labute approximate surface area is 56.3 Å². The molecule has 0 radical (unpaired) electrons. The monoisotopic (exact) mass is 131 g/mol. The van der Waals surface area contributed by atoms with Crippen LogP contribution >= 0.6 is 12.6 Å². The molecule has 1 fully saturated rings. The maximum Gasteiger partial charge on any atom is 0.0182 e. The predicted octanol–water partition coefficient (Wildman–Crippen LogP) is 1.06. The van der Waals surface area contributed by atoms with Crippen molar-refractivity contribution in [1.29, 1.82) is 0 Å². The lowest BCUT2D eigenvalue weighted by atomic mass is 10.2. The molecule has 0 amide bonds. The lowest BCUT2D eigenvalue weighted by Crippen LogP contribution is -2.25. The average molecular weight is 131 g/mol. The minimum Gasteiger partial charge on any atom is -0.313 e. The SMILES string of the molecule is CC[C@H]1NCC[C@H]1S. The lowest BCUT2D eigenvalue weighted by Gasteiger charge is -2.10. The molecule has 0 aromatic carbocycles. The fourth-order valence-electron chi connectivity index (χ4n) is 1.17. The van der Waals surface area contributed by atoms with Gasteiger partial charge >= 0.3 is 0 Å². The molecule has 0 bridgehead atoms. The Kier molecular flexibility index (Phi) is 2.20. The molecule has 0 aromatic heterocycles. The van der Waals surface area contributed by atoms with Gasteiger partial charge in [-0.1, -0.05) is 6.92 Å². The van der Waals surface area contributed by atoms with Crippen molar-refractivity contribution in [2.75, 3.05) is 6.54 Å². The average Bonchev–Trinajstić information content (AvgIpc) is 2.14. The number of rotatable bonds is 1. The maximum absolute atomic E-state index is 4.40. The predicted molar refractivity (Wildman–Crippen MR) is 39.5 cm³/mol. The molecule has 1 saturated heterocycles. The molecule has 1 nitrogen and oxygen atoms in total. The van der Waals surface area contributed by atoms with Crippen LogP contribution < -0.4 is 5.32 Å². The van der Waals surface area contributed by atoms with Crippen LogP contribution in [0.25, 0.3) is 0 Å². The fourth-order valence-corrected chi connectivity index (χ4v) is 1.62. The second-order valence-corrected chi connectivity index (χ2v) is 2.99. The standard InChI is InChI=1S/C6H13NS/c1-2-5-6(8)3-4-7-5/h5-8H,2-4H2,1H3/t5-,6-/m1/s1. The zero-order valence-electron chi connectivity index (χ0n) is 5.22. The van der Waals surface area contributed by atoms with E-state index in [1.165, 1.54) is 12.8 Å². The molecule has 48 valence electrons. The Bertz CT molecular complexity index is 74.9. The first-order chi connectivity index (χ1) is 3.84. The molecular weight excluding hydrogens is 118 g/mol. The van der Waals surface area contributed by atoms with E-state index in [1.807, 2.05) is 0 Å². The molecular formula is C6H13NS. The van der Waals surface area contributed by atoms with Crippen molar-refractivity contribution in [2.45, 2.75) is 31.1 Å². The van der Waals surface area contributed by atoms with Crippen molar-refractivity contribution in [2.24, 2.45) is 0 Å². The summed E-state index contributed by atoms with van der Waals surface area (Å²) in [6, 6.07) is 0.679. The Morgan fingerprint density at radius 3 is 2.75 bits per heavy atom. The molecule has 2 atom stereocenters. The van der Waals surface area contributed by atoms with Crippen molar-refractivity contribution in [3.05, 3.63) is 0 Å². The van der Waals surface area contributed by atoms with E-state index in [2.05, 4.69) is 24.9 Å². The maximum atomic E-state index is 4.40. The minimum absolute atomic E-state index is 0.611. The minimum atomic E-state index is 0.611. The largest absolute Gasteiger partial charge is 0.313 e. The van der Waals surface area contributed by atoms with E-state index in [9.17, 15) is 0 Å². The normalized spacial score (nSPS) is 38.2. The highest BCUT2D eigenvalue weighted by molar-refractivity contribution is 7.81. The smallest absolute Gasteiger partial charge is 0.0182 e. The van der Waals surface area contributed by atoms with Gasteiger partial charge in [-0.25, -0.2) is 0 Å². The number of hydrogen-bond donors (Lipinski definition) is 2. The molecule has 0 aromatic rings. The van der Waals surface area contributed by atoms with Gasteiger partial charge in [0, 0.05) is 11.3 Å². The number of nitrogens with one attached hydrogen (secondary N) is 1. The van der Waals surface area contributed by atoms with Gasteiger partial charge in [0.25, 0.3) is 0 Å². The van der Waals surface area contributed by atoms with Crippen LogP contribution in [-0.4, -0.2) is 17.8 Å². The van der Waals surface area contributed by atoms with Crippen molar-refractivity contribution in [3.8, 4) is 0 Å². The molecule has 0 unspecified atom stereocenters. The first-order valence-electron chi connectivity index (χ1n) is 3.26. The second-order valence-electron chi connectivity index (χ2n) is 2.32. The Morgan fingerprint density at radius 2 is 2.50 bits per heavy atom. The van der Waals surface area contributed by atoms with Crippen LogP contribution in [0.2, 0.25) is 0 Å². The van der Waals surface area contributed by atoms with Gasteiger partial charge in [-0.15, -0.1) is 0 Å². The Balaban J connectivity index is 2.30. The van der Waals surface area contributed by atoms with E-state index < -0.39 is 0 Å². The van der Waals surface area contributed by atoms with Crippen LogP contribution in [0.3, 0.4) is 0 Å². The summed E-state index contributed by atoms with van der Waals surface area (Å²) >= 11 is 4.40. The number of hydrogen-bond acceptors (Lipinski definition) is 2. The van der Waals surface area contributed by atoms with Gasteiger partial charge in [0.05, 0.1) is 0 Å². The van der Waals surface area contributed by atoms with E-state index in [1.54, 1.807) is 0 Å². The van der Waals surface area contributed by atoms with Crippen molar-refractivity contribution >= 4 is 12.6 Å². The molecule has 0 saturated carbocycles. The van der Waals surface area contributed by atoms with Gasteiger partial charge in [0.1, 0.15) is 0 Å². The first kappa shape index (κ1) is 6.43. The van der Waals surface area contributed by atoms with Crippen LogP contribution in [0.5, 0.6) is 0 Å². The third kappa shape index (κ3) is 1.17. The Morgan fingerprint density at radius 1 is 1.75 bits per heavy atom. The summed E-state index contributed by atoms with van der Waals surface area (Å²) < 4.78 is 0. The van der Waals surface area contributed by atoms with Gasteiger partial charge in [-0.3, -0.25) is 0 Å². The molecule has 8 heavy (non-hydrogen) atoms. The molecule has 0 aliphatic carbocycles. The van der Waals surface area contributed by atoms with Crippen molar-refractivity contribution < 1.29 is 0 Å². The molecule has 1 heterocycles. The second kappa shape index (κ2) is 2.74. The van der Waals surface area contributed by atoms with E-state index in [4.69, 9.17) is 0 Å². The third-order valence-corrected chi connectivity index (χ3v) is 2.37. The first-order valence-corrected chi connectivity index (χ1v) is 3.77. The van der Waals surface area contributed by atoms with Crippen LogP contribution in [0, 0.1) is 0 Å². The summed E-state index contributed by atoms with van der Waals surface area (Å²) in [6.07, 6.45) is 2.45. The molecule has 0 spiro atoms. The van der Waals surface area contributed by atoms with Crippen LogP contribution in [0.15, 0.2) is 0 Å². The van der Waals surface area contributed by atoms with Crippen molar-refractivity contribution in [1.82, 2.24) is 5.32 Å². The third-order valence-electron chi connectivity index (χ3n) is 1.75. The van der Waals surface area contributed by atoms with Gasteiger partial charge in [-0.05, 0) is 19.4 Å². The fraction of sp³-hybridized carbons (Fsp3) is 1.00. The van der Waals surface area contributed by atoms with Crippen LogP contribution in [-0.2, 0) is 0 Å². The quantitative estimate of drug-likeness (QED) is 0.507. The van der Waals surface area contributed by atoms with Gasteiger partial charge in [0.2, 0.25) is 0 Å². The van der Waals surface area contributed by atoms with Crippen molar-refractivity contribution in [3.63, 3.8) is 0 Å². The van der Waals surface area contributed by atoms with E-state index >= 15 is 0 Å². The highest BCUT2D eigenvalue weighted by Gasteiger charge is 2.20. The summed E-state index contributed by atoms with van der Waals surface area (Å²) in [6.45, 7) is 3.36. The summed E-state index contributed by atoms with van der Waals surface area (Å²) in [5.41, 5.74) is 0. The topological polar surface area (TPSA) is 12.0 Å². The zero-order chi connectivity index (χ0) is 5.98. The van der Waals surface area contributed by atoms with E-state index in [0.29, 0.717) is 11.3 Å². The Hall–Kier alpha value is 0.310. The molecule has 2 heteroatoms. The number of thiol groups is 1. The highest BCUT2D eigenvalue weighted by Crippen LogP contribution is 2.14. The molecule has 1 aliphatic heterocycles. The summed E-state index contributed by atoms with van der Waals surface area (Å²) in [7, 11) is 0. The lowest BCUT2D eigenvalue weighted by molar-refractivity contribution is 0.598. The van der Waals surface area contributed by atoms with Gasteiger partial charge < -0.3 is 5.32 Å². The summed E-state index contributed by atoms with van der Waals surface area (Å²) in [5.74, 6) is 0. The summed E-state index contributed by atoms with van der Waals surface area (Å²) in [5, 5.41) is 3.99. The van der Waals surface area contributed by atoms with E-state index in [-0.39, 0.29) is 0 Å². The molecule has 1 rings (SSSR count).